The molecular formula is C56H91NO5. The molecule has 0 rings (SSSR count). The van der Waals surface area contributed by atoms with Crippen LogP contribution in [0.2, 0.25) is 0 Å². The minimum Gasteiger partial charge on any atom is -0.458 e. The number of aliphatic hydroxyl groups is 2. The summed E-state index contributed by atoms with van der Waals surface area (Å²) in [4.78, 5) is 26.0. The number of rotatable bonds is 42. The van der Waals surface area contributed by atoms with Crippen molar-refractivity contribution in [3.8, 4) is 0 Å². The molecule has 0 aromatic rings. The zero-order chi connectivity index (χ0) is 45.2. The molecule has 0 saturated heterocycles. The molecule has 3 atom stereocenters. The molecule has 6 nitrogen and oxygen atoms in total. The Morgan fingerprint density at radius 1 is 0.516 bits per heavy atom. The molecule has 62 heavy (non-hydrogen) atoms. The fourth-order valence-electron chi connectivity index (χ4n) is 6.66. The largest absolute Gasteiger partial charge is 0.458 e. The average Bonchev–Trinajstić information content (AvgIpc) is 3.26. The number of unbranched alkanes of at least 4 members (excludes halogenated alkanes) is 16. The van der Waals surface area contributed by atoms with E-state index in [0.29, 0.717) is 19.3 Å². The van der Waals surface area contributed by atoms with E-state index in [1.807, 2.05) is 42.5 Å². The van der Waals surface area contributed by atoms with Gasteiger partial charge in [-0.15, -0.1) is 0 Å². The van der Waals surface area contributed by atoms with Crippen molar-refractivity contribution in [1.29, 1.82) is 0 Å². The number of aliphatic hydroxyl groups excluding tert-OH is 2. The minimum atomic E-state index is -0.830. The molecule has 0 aliphatic heterocycles. The fourth-order valence-corrected chi connectivity index (χ4v) is 6.66. The summed E-state index contributed by atoms with van der Waals surface area (Å²) in [6, 6.07) is -0.755. The van der Waals surface area contributed by atoms with E-state index < -0.39 is 18.2 Å². The first-order chi connectivity index (χ1) is 30.5. The second-order valence-electron chi connectivity index (χ2n) is 16.3. The van der Waals surface area contributed by atoms with Crippen LogP contribution >= 0.6 is 0 Å². The maximum absolute atomic E-state index is 13.1. The Labute approximate surface area is 380 Å². The Morgan fingerprint density at radius 3 is 1.52 bits per heavy atom. The van der Waals surface area contributed by atoms with Gasteiger partial charge in [0.1, 0.15) is 6.10 Å². The summed E-state index contributed by atoms with van der Waals surface area (Å²) in [5.74, 6) is -0.671. The highest BCUT2D eigenvalue weighted by Gasteiger charge is 2.23. The van der Waals surface area contributed by atoms with Crippen molar-refractivity contribution in [3.63, 3.8) is 0 Å². The Hall–Kier alpha value is -3.74. The molecule has 0 aliphatic rings. The van der Waals surface area contributed by atoms with E-state index in [1.54, 1.807) is 6.08 Å². The van der Waals surface area contributed by atoms with E-state index in [1.165, 1.54) is 57.8 Å². The number of carbonyl (C=O) groups is 2. The average molecular weight is 858 g/mol. The van der Waals surface area contributed by atoms with Crippen LogP contribution in [0, 0.1) is 0 Å². The first-order valence-electron chi connectivity index (χ1n) is 24.8. The molecule has 0 fully saturated rings. The molecular weight excluding hydrogens is 767 g/mol. The van der Waals surface area contributed by atoms with E-state index in [9.17, 15) is 19.8 Å². The van der Waals surface area contributed by atoms with E-state index in [4.69, 9.17) is 4.74 Å². The van der Waals surface area contributed by atoms with Crippen molar-refractivity contribution in [2.24, 2.45) is 0 Å². The fraction of sp³-hybridized carbons (Fsp3) is 0.607. The van der Waals surface area contributed by atoms with Gasteiger partial charge in [0.15, 0.2) is 0 Å². The molecule has 3 N–H and O–H groups in total. The lowest BCUT2D eigenvalue weighted by Crippen LogP contribution is -2.46. The van der Waals surface area contributed by atoms with E-state index >= 15 is 0 Å². The monoisotopic (exact) mass is 858 g/mol. The van der Waals surface area contributed by atoms with Gasteiger partial charge < -0.3 is 20.3 Å². The summed E-state index contributed by atoms with van der Waals surface area (Å²) in [6.45, 7) is 6.21. The van der Waals surface area contributed by atoms with Crippen LogP contribution in [-0.2, 0) is 14.3 Å². The second kappa shape index (κ2) is 48.3. The summed E-state index contributed by atoms with van der Waals surface area (Å²) in [5, 5.41) is 23.6. The molecule has 0 bridgehead atoms. The third kappa shape index (κ3) is 42.9. The molecule has 0 aromatic heterocycles. The lowest BCUT2D eigenvalue weighted by molar-refractivity contribution is -0.148. The number of esters is 1. The van der Waals surface area contributed by atoms with Crippen molar-refractivity contribution in [2.75, 3.05) is 6.61 Å². The molecule has 1 amide bonds. The van der Waals surface area contributed by atoms with Crippen LogP contribution in [0.4, 0.5) is 0 Å². The third-order valence-corrected chi connectivity index (χ3v) is 10.4. The normalized spacial score (nSPS) is 14.3. The lowest BCUT2D eigenvalue weighted by Gasteiger charge is -2.23. The van der Waals surface area contributed by atoms with E-state index in [0.717, 1.165) is 89.9 Å². The van der Waals surface area contributed by atoms with Crippen LogP contribution < -0.4 is 5.32 Å². The first kappa shape index (κ1) is 58.3. The first-order valence-corrected chi connectivity index (χ1v) is 24.8. The highest BCUT2D eigenvalue weighted by molar-refractivity contribution is 5.78. The van der Waals surface area contributed by atoms with Crippen LogP contribution in [0.15, 0.2) is 122 Å². The van der Waals surface area contributed by atoms with Gasteiger partial charge in [-0.1, -0.05) is 233 Å². The number of allylic oxidation sites excluding steroid dienone is 19. The number of ether oxygens (including phenoxy) is 1. The van der Waals surface area contributed by atoms with Gasteiger partial charge in [-0.05, 0) is 70.3 Å². The van der Waals surface area contributed by atoms with Crippen molar-refractivity contribution in [2.45, 2.75) is 212 Å². The Morgan fingerprint density at radius 2 is 0.984 bits per heavy atom. The Bertz CT molecular complexity index is 1330. The summed E-state index contributed by atoms with van der Waals surface area (Å²) >= 11 is 0. The van der Waals surface area contributed by atoms with Gasteiger partial charge in [-0.25, -0.2) is 0 Å². The van der Waals surface area contributed by atoms with Crippen LogP contribution in [0.25, 0.3) is 0 Å². The van der Waals surface area contributed by atoms with E-state index in [2.05, 4.69) is 99.0 Å². The van der Waals surface area contributed by atoms with Gasteiger partial charge in [0.05, 0.1) is 25.2 Å². The maximum atomic E-state index is 13.1. The molecule has 3 unspecified atom stereocenters. The van der Waals surface area contributed by atoms with Crippen molar-refractivity contribution in [1.82, 2.24) is 5.32 Å². The van der Waals surface area contributed by atoms with Crippen LogP contribution in [0.1, 0.15) is 194 Å². The summed E-state index contributed by atoms with van der Waals surface area (Å²) in [6.07, 6.45) is 67.1. The zero-order valence-electron chi connectivity index (χ0n) is 39.7. The van der Waals surface area contributed by atoms with Crippen molar-refractivity contribution in [3.05, 3.63) is 122 Å². The topological polar surface area (TPSA) is 95.9 Å². The Balaban J connectivity index is 4.82. The minimum absolute atomic E-state index is 0.0646. The molecule has 0 spiro atoms. The number of carbonyl (C=O) groups excluding carboxylic acids is 2. The number of hydrogen-bond acceptors (Lipinski definition) is 5. The van der Waals surface area contributed by atoms with Gasteiger partial charge in [0, 0.05) is 6.42 Å². The molecule has 0 aromatic carbocycles. The van der Waals surface area contributed by atoms with Gasteiger partial charge in [-0.2, -0.15) is 0 Å². The van der Waals surface area contributed by atoms with Crippen LogP contribution in [-0.4, -0.2) is 46.9 Å². The standard InChI is InChI=1S/C56H91NO5/c1-4-7-10-13-16-19-22-24-26-27-28-29-31-34-37-40-43-46-49-56(61)62-52(47-44-41-38-35-33-30-25-23-20-17-14-11-8-5-2)50-55(60)57-53(51-58)54(59)48-45-42-39-36-32-21-18-15-12-9-6-3/h8,10-11,13,16-17,19-20,22,24-30,35,38,44,47,52-54,58-59H,4-7,9,12,14-15,18,21,23,31-34,36-37,39-43,45-46,48-51H2,1-3H3,(H,57,60)/b11-8+,13-10+,19-16+,20-17+,24-22+,27-26+,29-28+,30-25+,38-35+,47-44+. The molecule has 350 valence electrons. The molecule has 0 heterocycles. The summed E-state index contributed by atoms with van der Waals surface area (Å²) < 4.78 is 5.80. The smallest absolute Gasteiger partial charge is 0.306 e. The predicted octanol–water partition coefficient (Wildman–Crippen LogP) is 14.9. The molecule has 0 saturated carbocycles. The van der Waals surface area contributed by atoms with Crippen molar-refractivity contribution < 1.29 is 24.5 Å². The molecule has 6 heteroatoms. The quantitative estimate of drug-likeness (QED) is 0.0246. The lowest BCUT2D eigenvalue weighted by atomic mass is 10.0. The van der Waals surface area contributed by atoms with Gasteiger partial charge in [0.25, 0.3) is 0 Å². The van der Waals surface area contributed by atoms with E-state index in [-0.39, 0.29) is 24.9 Å². The SMILES string of the molecule is CC/C=C/C/C=C/C/C=C/C/C=C/C/C=C/C(CC(=O)NC(CO)C(O)CCCCCCCCCCCCC)OC(=O)CCCCCCC/C=C/C=C/C=C/C=C/C=C/CCC. The predicted molar refractivity (Wildman–Crippen MR) is 268 cm³/mol. The number of hydrogen-bond donors (Lipinski definition) is 3. The van der Waals surface area contributed by atoms with Gasteiger partial charge >= 0.3 is 5.97 Å². The highest BCUT2D eigenvalue weighted by Crippen LogP contribution is 2.15. The summed E-state index contributed by atoms with van der Waals surface area (Å²) in [5.41, 5.74) is 0. The highest BCUT2D eigenvalue weighted by atomic mass is 16.5. The molecule has 0 aliphatic carbocycles. The Kier molecular flexibility index (Phi) is 45.4. The zero-order valence-corrected chi connectivity index (χ0v) is 39.7. The number of nitrogens with one attached hydrogen (secondary N) is 1. The van der Waals surface area contributed by atoms with Gasteiger partial charge in [-0.3, -0.25) is 9.59 Å². The third-order valence-electron chi connectivity index (χ3n) is 10.4. The van der Waals surface area contributed by atoms with Gasteiger partial charge in [0.2, 0.25) is 5.91 Å². The number of amides is 1. The van der Waals surface area contributed by atoms with Crippen molar-refractivity contribution >= 4 is 11.9 Å². The summed E-state index contributed by atoms with van der Waals surface area (Å²) in [7, 11) is 0. The molecule has 0 radical (unpaired) electrons. The van der Waals surface area contributed by atoms with Crippen LogP contribution in [0.5, 0.6) is 0 Å². The second-order valence-corrected chi connectivity index (χ2v) is 16.3. The maximum Gasteiger partial charge on any atom is 0.306 e. The van der Waals surface area contributed by atoms with Crippen LogP contribution in [0.3, 0.4) is 0 Å².